The Labute approximate surface area is 100 Å². The first-order valence-corrected chi connectivity index (χ1v) is 6.13. The Morgan fingerprint density at radius 3 is 2.87 bits per heavy atom. The molecule has 1 fully saturated rings. The van der Waals surface area contributed by atoms with Gasteiger partial charge in [0.25, 0.3) is 0 Å². The van der Waals surface area contributed by atoms with Crippen molar-refractivity contribution in [2.45, 2.75) is 25.2 Å². The zero-order valence-electron chi connectivity index (χ0n) is 7.93. The summed E-state index contributed by atoms with van der Waals surface area (Å²) in [6, 6.07) is 0. The number of H-pyrrole nitrogens is 1. The molecule has 15 heavy (non-hydrogen) atoms. The van der Waals surface area contributed by atoms with Crippen LogP contribution < -0.4 is 0 Å². The molecule has 3 nitrogen and oxygen atoms in total. The van der Waals surface area contributed by atoms with Crippen molar-refractivity contribution in [1.29, 1.82) is 0 Å². The fraction of sp³-hybridized carbons (Fsp3) is 0.400. The number of aromatic amines is 1. The summed E-state index contributed by atoms with van der Waals surface area (Å²) in [5.74, 6) is 1.39. The third kappa shape index (κ3) is 1.47. The summed E-state index contributed by atoms with van der Waals surface area (Å²) in [6.45, 7) is 0. The molecule has 5 heteroatoms. The molecule has 0 bridgehead atoms. The number of aromatic nitrogens is 3. The standard InChI is InChI=1S/C10H9BrClN3/c11-6-4-13-10-7(6)8(12)14-9(15-10)5-2-1-3-5/h4-5H,1-3H2,(H,13,14,15). The zero-order chi connectivity index (χ0) is 10.4. The molecule has 2 heterocycles. The Morgan fingerprint density at radius 1 is 1.40 bits per heavy atom. The van der Waals surface area contributed by atoms with E-state index >= 15 is 0 Å². The van der Waals surface area contributed by atoms with Gasteiger partial charge in [0.05, 0.1) is 5.39 Å². The minimum Gasteiger partial charge on any atom is -0.345 e. The van der Waals surface area contributed by atoms with Crippen molar-refractivity contribution >= 4 is 38.6 Å². The van der Waals surface area contributed by atoms with Crippen LogP contribution in [0.1, 0.15) is 31.0 Å². The second kappa shape index (κ2) is 3.46. The van der Waals surface area contributed by atoms with Crippen molar-refractivity contribution in [3.63, 3.8) is 0 Å². The van der Waals surface area contributed by atoms with Gasteiger partial charge >= 0.3 is 0 Å². The van der Waals surface area contributed by atoms with Crippen LogP contribution in [0.3, 0.4) is 0 Å². The summed E-state index contributed by atoms with van der Waals surface area (Å²) in [4.78, 5) is 11.9. The quantitative estimate of drug-likeness (QED) is 0.813. The maximum atomic E-state index is 6.13. The van der Waals surface area contributed by atoms with E-state index in [9.17, 15) is 0 Å². The van der Waals surface area contributed by atoms with E-state index in [1.54, 1.807) is 0 Å². The molecular formula is C10H9BrClN3. The lowest BCUT2D eigenvalue weighted by atomic mass is 9.85. The summed E-state index contributed by atoms with van der Waals surface area (Å²) in [5, 5.41) is 1.41. The number of fused-ring (bicyclic) bond motifs is 1. The topological polar surface area (TPSA) is 41.6 Å². The van der Waals surface area contributed by atoms with Gasteiger partial charge in [0.2, 0.25) is 0 Å². The highest BCUT2D eigenvalue weighted by Crippen LogP contribution is 2.36. The average Bonchev–Trinajstić information content (AvgIpc) is 2.44. The number of halogens is 2. The van der Waals surface area contributed by atoms with Crippen molar-refractivity contribution in [1.82, 2.24) is 15.0 Å². The maximum absolute atomic E-state index is 6.13. The van der Waals surface area contributed by atoms with Crippen LogP contribution in [0.2, 0.25) is 5.15 Å². The maximum Gasteiger partial charge on any atom is 0.143 e. The Kier molecular flexibility index (Phi) is 2.21. The third-order valence-corrected chi connectivity index (χ3v) is 3.83. The highest BCUT2D eigenvalue weighted by atomic mass is 79.9. The van der Waals surface area contributed by atoms with E-state index < -0.39 is 0 Å². The van der Waals surface area contributed by atoms with Gasteiger partial charge in [-0.3, -0.25) is 0 Å². The number of nitrogens with zero attached hydrogens (tertiary/aromatic N) is 2. The molecule has 0 saturated heterocycles. The van der Waals surface area contributed by atoms with Crippen molar-refractivity contribution in [2.75, 3.05) is 0 Å². The zero-order valence-corrected chi connectivity index (χ0v) is 10.3. The van der Waals surface area contributed by atoms with Crippen LogP contribution in [0.4, 0.5) is 0 Å². The molecule has 1 N–H and O–H groups in total. The van der Waals surface area contributed by atoms with Gasteiger partial charge in [-0.15, -0.1) is 0 Å². The van der Waals surface area contributed by atoms with Crippen LogP contribution in [0.25, 0.3) is 11.0 Å². The molecule has 0 amide bonds. The van der Waals surface area contributed by atoms with Gasteiger partial charge in [0.15, 0.2) is 0 Å². The molecule has 1 aliphatic carbocycles. The van der Waals surface area contributed by atoms with E-state index in [2.05, 4.69) is 30.9 Å². The Bertz CT molecular complexity index is 519. The van der Waals surface area contributed by atoms with Crippen molar-refractivity contribution < 1.29 is 0 Å². The largest absolute Gasteiger partial charge is 0.345 e. The van der Waals surface area contributed by atoms with E-state index in [0.717, 1.165) is 21.3 Å². The molecule has 1 saturated carbocycles. The summed E-state index contributed by atoms with van der Waals surface area (Å²) < 4.78 is 0.919. The van der Waals surface area contributed by atoms with Crippen molar-refractivity contribution in [3.05, 3.63) is 21.6 Å². The minimum atomic E-state index is 0.508. The van der Waals surface area contributed by atoms with Gasteiger partial charge < -0.3 is 4.98 Å². The van der Waals surface area contributed by atoms with Crippen LogP contribution in [0.15, 0.2) is 10.7 Å². The fourth-order valence-corrected chi connectivity index (χ4v) is 2.70. The van der Waals surface area contributed by atoms with E-state index in [0.29, 0.717) is 11.1 Å². The lowest BCUT2D eigenvalue weighted by Crippen LogP contribution is -2.12. The first-order valence-electron chi connectivity index (χ1n) is 4.95. The van der Waals surface area contributed by atoms with Crippen LogP contribution >= 0.6 is 27.5 Å². The molecule has 2 aromatic rings. The highest BCUT2D eigenvalue weighted by molar-refractivity contribution is 9.10. The van der Waals surface area contributed by atoms with Crippen LogP contribution in [0, 0.1) is 0 Å². The first kappa shape index (κ1) is 9.60. The number of rotatable bonds is 1. The van der Waals surface area contributed by atoms with E-state index in [1.165, 1.54) is 19.3 Å². The lowest BCUT2D eigenvalue weighted by molar-refractivity contribution is 0.402. The molecule has 2 aromatic heterocycles. The molecule has 0 radical (unpaired) electrons. The molecule has 0 aliphatic heterocycles. The van der Waals surface area contributed by atoms with Gasteiger partial charge in [-0.25, -0.2) is 9.97 Å². The van der Waals surface area contributed by atoms with E-state index in [-0.39, 0.29) is 0 Å². The van der Waals surface area contributed by atoms with E-state index in [1.807, 2.05) is 6.20 Å². The number of hydrogen-bond donors (Lipinski definition) is 1. The normalized spacial score (nSPS) is 16.9. The Balaban J connectivity index is 2.18. The van der Waals surface area contributed by atoms with Gasteiger partial charge in [0.1, 0.15) is 16.6 Å². The first-order chi connectivity index (χ1) is 7.25. The molecule has 3 rings (SSSR count). The highest BCUT2D eigenvalue weighted by Gasteiger charge is 2.24. The van der Waals surface area contributed by atoms with Gasteiger partial charge in [-0.2, -0.15) is 0 Å². The molecular weight excluding hydrogens is 277 g/mol. The second-order valence-electron chi connectivity index (χ2n) is 3.86. The molecule has 78 valence electrons. The molecule has 1 aliphatic rings. The summed E-state index contributed by atoms with van der Waals surface area (Å²) in [5.41, 5.74) is 0.823. The predicted octanol–water partition coefficient (Wildman–Crippen LogP) is 3.64. The van der Waals surface area contributed by atoms with E-state index in [4.69, 9.17) is 11.6 Å². The fourth-order valence-electron chi connectivity index (χ4n) is 1.82. The van der Waals surface area contributed by atoms with Crippen LogP contribution in [-0.4, -0.2) is 15.0 Å². The van der Waals surface area contributed by atoms with Gasteiger partial charge in [-0.05, 0) is 28.8 Å². The predicted molar refractivity (Wildman–Crippen MR) is 63.2 cm³/mol. The summed E-state index contributed by atoms with van der Waals surface area (Å²) in [7, 11) is 0. The van der Waals surface area contributed by atoms with Crippen LogP contribution in [-0.2, 0) is 0 Å². The van der Waals surface area contributed by atoms with Gasteiger partial charge in [0, 0.05) is 16.6 Å². The molecule has 0 aromatic carbocycles. The molecule has 0 spiro atoms. The van der Waals surface area contributed by atoms with Crippen molar-refractivity contribution in [2.24, 2.45) is 0 Å². The Hall–Kier alpha value is -0.610. The van der Waals surface area contributed by atoms with Crippen LogP contribution in [0.5, 0.6) is 0 Å². The SMILES string of the molecule is Clc1nc(C2CCC2)nc2[nH]cc(Br)c12. The third-order valence-electron chi connectivity index (χ3n) is 2.93. The number of hydrogen-bond acceptors (Lipinski definition) is 2. The molecule has 0 unspecified atom stereocenters. The minimum absolute atomic E-state index is 0.508. The monoisotopic (exact) mass is 285 g/mol. The summed E-state index contributed by atoms with van der Waals surface area (Å²) >= 11 is 9.55. The Morgan fingerprint density at radius 2 is 2.20 bits per heavy atom. The smallest absolute Gasteiger partial charge is 0.143 e. The lowest BCUT2D eigenvalue weighted by Gasteiger charge is -2.23. The number of nitrogens with one attached hydrogen (secondary N) is 1. The molecule has 0 atom stereocenters. The van der Waals surface area contributed by atoms with Crippen molar-refractivity contribution in [3.8, 4) is 0 Å². The summed E-state index contributed by atoms with van der Waals surface area (Å²) in [6.07, 6.45) is 5.49. The second-order valence-corrected chi connectivity index (χ2v) is 5.07. The average molecular weight is 287 g/mol. The van der Waals surface area contributed by atoms with Gasteiger partial charge in [-0.1, -0.05) is 18.0 Å².